The van der Waals surface area contributed by atoms with Crippen molar-refractivity contribution in [2.75, 3.05) is 25.0 Å². The van der Waals surface area contributed by atoms with Gasteiger partial charge in [0, 0.05) is 18.0 Å². The van der Waals surface area contributed by atoms with Gasteiger partial charge in [0.1, 0.15) is 0 Å². The van der Waals surface area contributed by atoms with Crippen LogP contribution in [0.1, 0.15) is 34.6 Å². The molecule has 0 spiro atoms. The van der Waals surface area contributed by atoms with Gasteiger partial charge in [0.05, 0.1) is 6.54 Å². The van der Waals surface area contributed by atoms with Crippen LogP contribution in [0.15, 0.2) is 0 Å². The minimum absolute atomic E-state index is 0.0458. The third kappa shape index (κ3) is 3.44. The Morgan fingerprint density at radius 1 is 1.37 bits per heavy atom. The van der Waals surface area contributed by atoms with E-state index in [-0.39, 0.29) is 18.1 Å². The number of carboxylic acids is 1. The van der Waals surface area contributed by atoms with Crippen LogP contribution in [0.3, 0.4) is 0 Å². The lowest BCUT2D eigenvalue weighted by Crippen LogP contribution is -2.39. The SMILES string of the molecule is Cc1sc(NCC(=O)N2CCCCC2)nc1C(=O)O. The van der Waals surface area contributed by atoms with Crippen LogP contribution in [0.5, 0.6) is 0 Å². The summed E-state index contributed by atoms with van der Waals surface area (Å²) in [6, 6.07) is 0. The Labute approximate surface area is 115 Å². The van der Waals surface area contributed by atoms with Gasteiger partial charge in [-0.2, -0.15) is 0 Å². The molecule has 1 saturated heterocycles. The number of carbonyl (C=O) groups excluding carboxylic acids is 1. The van der Waals surface area contributed by atoms with Gasteiger partial charge in [0.2, 0.25) is 5.91 Å². The number of thiazole rings is 1. The van der Waals surface area contributed by atoms with Crippen molar-refractivity contribution in [2.45, 2.75) is 26.2 Å². The van der Waals surface area contributed by atoms with Gasteiger partial charge in [-0.15, -0.1) is 11.3 Å². The predicted molar refractivity (Wildman–Crippen MR) is 72.7 cm³/mol. The molecule has 2 heterocycles. The number of hydrogen-bond acceptors (Lipinski definition) is 5. The summed E-state index contributed by atoms with van der Waals surface area (Å²) in [6.45, 7) is 3.51. The molecule has 7 heteroatoms. The molecule has 0 unspecified atom stereocenters. The standard InChI is InChI=1S/C12H17N3O3S/c1-8-10(11(17)18)14-12(19-8)13-7-9(16)15-5-3-2-4-6-15/h2-7H2,1H3,(H,13,14)(H,17,18). The van der Waals surface area contributed by atoms with E-state index in [9.17, 15) is 9.59 Å². The maximum Gasteiger partial charge on any atom is 0.355 e. The molecular weight excluding hydrogens is 266 g/mol. The number of nitrogens with zero attached hydrogens (tertiary/aromatic N) is 2. The molecule has 0 atom stereocenters. The van der Waals surface area contributed by atoms with E-state index in [4.69, 9.17) is 5.11 Å². The van der Waals surface area contributed by atoms with Crippen molar-refractivity contribution in [3.8, 4) is 0 Å². The summed E-state index contributed by atoms with van der Waals surface area (Å²) >= 11 is 1.26. The Morgan fingerprint density at radius 2 is 2.05 bits per heavy atom. The van der Waals surface area contributed by atoms with Crippen molar-refractivity contribution < 1.29 is 14.7 Å². The monoisotopic (exact) mass is 283 g/mol. The van der Waals surface area contributed by atoms with Crippen molar-refractivity contribution in [3.05, 3.63) is 10.6 Å². The summed E-state index contributed by atoms with van der Waals surface area (Å²) < 4.78 is 0. The molecule has 6 nitrogen and oxygen atoms in total. The molecule has 1 aromatic heterocycles. The van der Waals surface area contributed by atoms with E-state index in [0.29, 0.717) is 10.0 Å². The van der Waals surface area contributed by atoms with E-state index in [0.717, 1.165) is 25.9 Å². The number of hydrogen-bond donors (Lipinski definition) is 2. The van der Waals surface area contributed by atoms with Gasteiger partial charge < -0.3 is 15.3 Å². The second-order valence-corrected chi connectivity index (χ2v) is 5.73. The summed E-state index contributed by atoms with van der Waals surface area (Å²) in [5.41, 5.74) is 0.0536. The van der Waals surface area contributed by atoms with Crippen LogP contribution < -0.4 is 5.32 Å². The lowest BCUT2D eigenvalue weighted by molar-refractivity contribution is -0.130. The molecule has 1 fully saturated rings. The van der Waals surface area contributed by atoms with E-state index >= 15 is 0 Å². The number of piperidine rings is 1. The molecule has 2 rings (SSSR count). The largest absolute Gasteiger partial charge is 0.476 e. The summed E-state index contributed by atoms with van der Waals surface area (Å²) in [5.74, 6) is -0.992. The average molecular weight is 283 g/mol. The van der Waals surface area contributed by atoms with Gasteiger partial charge >= 0.3 is 5.97 Å². The van der Waals surface area contributed by atoms with E-state index in [1.165, 1.54) is 17.8 Å². The van der Waals surface area contributed by atoms with Crippen LogP contribution >= 0.6 is 11.3 Å². The number of likely N-dealkylation sites (tertiary alicyclic amines) is 1. The van der Waals surface area contributed by atoms with Crippen LogP contribution in [-0.4, -0.2) is 46.5 Å². The Balaban J connectivity index is 1.89. The molecule has 1 aliphatic rings. The fourth-order valence-corrected chi connectivity index (χ4v) is 2.88. The minimum Gasteiger partial charge on any atom is -0.476 e. The molecule has 0 aliphatic carbocycles. The normalized spacial score (nSPS) is 15.3. The second kappa shape index (κ2) is 6.01. The fraction of sp³-hybridized carbons (Fsp3) is 0.583. The van der Waals surface area contributed by atoms with Gasteiger partial charge in [0.25, 0.3) is 0 Å². The Kier molecular flexibility index (Phi) is 4.36. The van der Waals surface area contributed by atoms with Crippen molar-refractivity contribution in [1.29, 1.82) is 0 Å². The number of nitrogens with one attached hydrogen (secondary N) is 1. The number of amides is 1. The van der Waals surface area contributed by atoms with Crippen molar-refractivity contribution >= 4 is 28.3 Å². The number of carboxylic acid groups (broad SMARTS) is 1. The van der Waals surface area contributed by atoms with Crippen molar-refractivity contribution in [1.82, 2.24) is 9.88 Å². The minimum atomic E-state index is -1.04. The van der Waals surface area contributed by atoms with Crippen LogP contribution in [0.25, 0.3) is 0 Å². The summed E-state index contributed by atoms with van der Waals surface area (Å²) in [6.07, 6.45) is 3.31. The van der Waals surface area contributed by atoms with Crippen LogP contribution in [-0.2, 0) is 4.79 Å². The third-order valence-corrected chi connectivity index (χ3v) is 4.03. The molecule has 19 heavy (non-hydrogen) atoms. The molecule has 0 saturated carbocycles. The van der Waals surface area contributed by atoms with Gasteiger partial charge in [-0.25, -0.2) is 9.78 Å². The second-order valence-electron chi connectivity index (χ2n) is 4.52. The van der Waals surface area contributed by atoms with E-state index in [1.807, 2.05) is 4.90 Å². The zero-order valence-corrected chi connectivity index (χ0v) is 11.6. The first-order valence-corrected chi connectivity index (χ1v) is 7.12. The number of rotatable bonds is 4. The summed E-state index contributed by atoms with van der Waals surface area (Å²) in [4.78, 5) is 29.2. The van der Waals surface area contributed by atoms with Gasteiger partial charge in [-0.3, -0.25) is 4.79 Å². The number of anilines is 1. The van der Waals surface area contributed by atoms with Crippen molar-refractivity contribution in [3.63, 3.8) is 0 Å². The molecule has 0 radical (unpaired) electrons. The van der Waals surface area contributed by atoms with Crippen LogP contribution in [0.2, 0.25) is 0 Å². The van der Waals surface area contributed by atoms with E-state index < -0.39 is 5.97 Å². The first kappa shape index (κ1) is 13.8. The van der Waals surface area contributed by atoms with Gasteiger partial charge in [0.15, 0.2) is 10.8 Å². The smallest absolute Gasteiger partial charge is 0.355 e. The molecule has 0 bridgehead atoms. The fourth-order valence-electron chi connectivity index (χ4n) is 2.08. The molecule has 1 amide bonds. The zero-order chi connectivity index (χ0) is 13.8. The Hall–Kier alpha value is -1.63. The lowest BCUT2D eigenvalue weighted by Gasteiger charge is -2.26. The molecule has 104 valence electrons. The van der Waals surface area contributed by atoms with Crippen LogP contribution in [0, 0.1) is 6.92 Å². The lowest BCUT2D eigenvalue weighted by atomic mass is 10.1. The topological polar surface area (TPSA) is 82.5 Å². The number of carbonyl (C=O) groups is 2. The van der Waals surface area contributed by atoms with Crippen LogP contribution in [0.4, 0.5) is 5.13 Å². The van der Waals surface area contributed by atoms with Crippen molar-refractivity contribution in [2.24, 2.45) is 0 Å². The molecule has 1 aliphatic heterocycles. The maximum absolute atomic E-state index is 11.9. The highest BCUT2D eigenvalue weighted by Crippen LogP contribution is 2.21. The van der Waals surface area contributed by atoms with Gasteiger partial charge in [-0.05, 0) is 26.2 Å². The Morgan fingerprint density at radius 3 is 2.63 bits per heavy atom. The van der Waals surface area contributed by atoms with E-state index in [2.05, 4.69) is 10.3 Å². The molecule has 1 aromatic rings. The number of aryl methyl sites for hydroxylation is 1. The highest BCUT2D eigenvalue weighted by molar-refractivity contribution is 7.15. The highest BCUT2D eigenvalue weighted by atomic mass is 32.1. The summed E-state index contributed by atoms with van der Waals surface area (Å²) in [7, 11) is 0. The first-order valence-electron chi connectivity index (χ1n) is 6.30. The average Bonchev–Trinajstić information content (AvgIpc) is 2.78. The molecule has 0 aromatic carbocycles. The summed E-state index contributed by atoms with van der Waals surface area (Å²) in [5, 5.41) is 12.3. The first-order chi connectivity index (χ1) is 9.08. The number of aromatic nitrogens is 1. The quantitative estimate of drug-likeness (QED) is 0.876. The van der Waals surface area contributed by atoms with Gasteiger partial charge in [-0.1, -0.05) is 0 Å². The third-order valence-electron chi connectivity index (χ3n) is 3.10. The molecular formula is C12H17N3O3S. The predicted octanol–water partition coefficient (Wildman–Crippen LogP) is 1.57. The Bertz CT molecular complexity index is 481. The van der Waals surface area contributed by atoms with E-state index in [1.54, 1.807) is 6.92 Å². The maximum atomic E-state index is 11.9. The highest BCUT2D eigenvalue weighted by Gasteiger charge is 2.18. The zero-order valence-electron chi connectivity index (χ0n) is 10.8. The number of aromatic carboxylic acids is 1. The molecule has 2 N–H and O–H groups in total.